The molecular weight excluding hydrogens is 260 g/mol. The van der Waals surface area contributed by atoms with Gasteiger partial charge >= 0.3 is 0 Å². The lowest BCUT2D eigenvalue weighted by molar-refractivity contribution is -0.120. The quantitative estimate of drug-likeness (QED) is 0.713. The molecule has 1 amide bonds. The monoisotopic (exact) mass is 282 g/mol. The Labute approximate surface area is 119 Å². The maximum atomic E-state index is 11.3. The lowest BCUT2D eigenvalue weighted by atomic mass is 10.2. The molecule has 0 spiro atoms. The van der Waals surface area contributed by atoms with Gasteiger partial charge in [-0.2, -0.15) is 0 Å². The summed E-state index contributed by atoms with van der Waals surface area (Å²) in [7, 11) is 3.45. The molecule has 1 unspecified atom stereocenters. The Kier molecular flexibility index (Phi) is 7.36. The van der Waals surface area contributed by atoms with Crippen LogP contribution >= 0.6 is 11.8 Å². The van der Waals surface area contributed by atoms with Crippen molar-refractivity contribution < 1.29 is 9.53 Å². The molecule has 1 aromatic rings. The van der Waals surface area contributed by atoms with E-state index in [1.807, 2.05) is 18.2 Å². The van der Waals surface area contributed by atoms with Gasteiger partial charge in [0.25, 0.3) is 0 Å². The van der Waals surface area contributed by atoms with Crippen LogP contribution in [0.15, 0.2) is 29.2 Å². The topological polar surface area (TPSA) is 50.4 Å². The second-order valence-electron chi connectivity index (χ2n) is 4.40. The lowest BCUT2D eigenvalue weighted by Crippen LogP contribution is -2.35. The van der Waals surface area contributed by atoms with E-state index in [1.165, 1.54) is 0 Å². The average molecular weight is 282 g/mol. The fourth-order valence-corrected chi connectivity index (χ4v) is 2.59. The van der Waals surface area contributed by atoms with E-state index in [-0.39, 0.29) is 5.91 Å². The van der Waals surface area contributed by atoms with E-state index in [1.54, 1.807) is 25.9 Å². The molecule has 0 saturated heterocycles. The van der Waals surface area contributed by atoms with Gasteiger partial charge in [0.05, 0.1) is 13.7 Å². The van der Waals surface area contributed by atoms with E-state index in [9.17, 15) is 4.79 Å². The van der Waals surface area contributed by atoms with E-state index >= 15 is 0 Å². The van der Waals surface area contributed by atoms with Crippen LogP contribution in [0.2, 0.25) is 0 Å². The minimum Gasteiger partial charge on any atom is -0.496 e. The van der Waals surface area contributed by atoms with Gasteiger partial charge in [-0.1, -0.05) is 19.1 Å². The third kappa shape index (κ3) is 5.98. The van der Waals surface area contributed by atoms with Gasteiger partial charge in [-0.3, -0.25) is 4.79 Å². The van der Waals surface area contributed by atoms with E-state index in [2.05, 4.69) is 23.6 Å². The number of carbonyl (C=O) groups excluding carboxylic acids is 1. The van der Waals surface area contributed by atoms with Gasteiger partial charge in [0.1, 0.15) is 5.75 Å². The largest absolute Gasteiger partial charge is 0.496 e. The highest BCUT2D eigenvalue weighted by atomic mass is 32.2. The van der Waals surface area contributed by atoms with Crippen LogP contribution in [0.1, 0.15) is 6.92 Å². The number of ether oxygens (including phenoxy) is 1. The number of hydrogen-bond donors (Lipinski definition) is 2. The van der Waals surface area contributed by atoms with E-state index in [4.69, 9.17) is 4.74 Å². The zero-order valence-corrected chi connectivity index (χ0v) is 12.5. The molecule has 1 atom stereocenters. The van der Waals surface area contributed by atoms with Crippen LogP contribution in [0.3, 0.4) is 0 Å². The third-order valence-electron chi connectivity index (χ3n) is 2.58. The number of rotatable bonds is 8. The van der Waals surface area contributed by atoms with Crippen LogP contribution in [0.5, 0.6) is 5.75 Å². The molecule has 1 aromatic carbocycles. The summed E-state index contributed by atoms with van der Waals surface area (Å²) in [5.41, 5.74) is 0. The predicted octanol–water partition coefficient (Wildman–Crippen LogP) is 1.76. The zero-order chi connectivity index (χ0) is 14.1. The minimum absolute atomic E-state index is 0.0386. The highest BCUT2D eigenvalue weighted by molar-refractivity contribution is 7.99. The number of likely N-dealkylation sites (N-methyl/N-ethyl adjacent to an activating group) is 1. The maximum absolute atomic E-state index is 11.3. The summed E-state index contributed by atoms with van der Waals surface area (Å²) in [5.74, 6) is 2.30. The van der Waals surface area contributed by atoms with Crippen molar-refractivity contribution in [2.24, 2.45) is 5.92 Å². The number of benzene rings is 1. The number of para-hydroxylation sites is 1. The van der Waals surface area contributed by atoms with Gasteiger partial charge in [0, 0.05) is 17.2 Å². The normalized spacial score (nSPS) is 11.9. The number of amides is 1. The smallest absolute Gasteiger partial charge is 0.233 e. The molecule has 5 heteroatoms. The Morgan fingerprint density at radius 1 is 1.42 bits per heavy atom. The van der Waals surface area contributed by atoms with Crippen molar-refractivity contribution in [1.82, 2.24) is 10.6 Å². The van der Waals surface area contributed by atoms with E-state index in [0.717, 1.165) is 16.4 Å². The molecule has 0 aliphatic carbocycles. The molecular formula is C14H22N2O2S. The Morgan fingerprint density at radius 2 is 2.16 bits per heavy atom. The van der Waals surface area contributed by atoms with E-state index < -0.39 is 0 Å². The first kappa shape index (κ1) is 15.9. The highest BCUT2D eigenvalue weighted by Gasteiger charge is 2.08. The number of methoxy groups -OCH3 is 1. The fraction of sp³-hybridized carbons (Fsp3) is 0.500. The van der Waals surface area contributed by atoms with Gasteiger partial charge in [0.15, 0.2) is 0 Å². The Hall–Kier alpha value is -1.20. The van der Waals surface area contributed by atoms with Crippen LogP contribution in [0, 0.1) is 5.92 Å². The van der Waals surface area contributed by atoms with Gasteiger partial charge in [0.2, 0.25) is 5.91 Å². The molecule has 0 aliphatic rings. The first-order valence-electron chi connectivity index (χ1n) is 6.34. The average Bonchev–Trinajstić information content (AvgIpc) is 2.43. The predicted molar refractivity (Wildman–Crippen MR) is 79.8 cm³/mol. The summed E-state index contributed by atoms with van der Waals surface area (Å²) in [6.45, 7) is 3.19. The molecule has 19 heavy (non-hydrogen) atoms. The summed E-state index contributed by atoms with van der Waals surface area (Å²) >= 11 is 1.75. The zero-order valence-electron chi connectivity index (χ0n) is 11.7. The van der Waals surface area contributed by atoms with Crippen molar-refractivity contribution in [1.29, 1.82) is 0 Å². The van der Waals surface area contributed by atoms with Crippen LogP contribution in [0.4, 0.5) is 0 Å². The van der Waals surface area contributed by atoms with Crippen LogP contribution in [0.25, 0.3) is 0 Å². The lowest BCUT2D eigenvalue weighted by Gasteiger charge is -2.13. The second kappa shape index (κ2) is 8.82. The van der Waals surface area contributed by atoms with Crippen LogP contribution in [-0.2, 0) is 4.79 Å². The van der Waals surface area contributed by atoms with Gasteiger partial charge < -0.3 is 15.4 Å². The maximum Gasteiger partial charge on any atom is 0.233 e. The van der Waals surface area contributed by atoms with Gasteiger partial charge in [-0.25, -0.2) is 0 Å². The summed E-state index contributed by atoms with van der Waals surface area (Å²) in [4.78, 5) is 12.5. The molecule has 0 bridgehead atoms. The summed E-state index contributed by atoms with van der Waals surface area (Å²) < 4.78 is 5.31. The highest BCUT2D eigenvalue weighted by Crippen LogP contribution is 2.29. The van der Waals surface area contributed by atoms with Gasteiger partial charge in [-0.05, 0) is 25.1 Å². The molecule has 0 aliphatic heterocycles. The van der Waals surface area contributed by atoms with Crippen molar-refractivity contribution in [3.05, 3.63) is 24.3 Å². The van der Waals surface area contributed by atoms with Crippen molar-refractivity contribution in [3.63, 3.8) is 0 Å². The first-order valence-corrected chi connectivity index (χ1v) is 7.33. The molecule has 0 saturated carbocycles. The summed E-state index contributed by atoms with van der Waals surface area (Å²) in [6, 6.07) is 7.98. The second-order valence-corrected chi connectivity index (χ2v) is 5.46. The van der Waals surface area contributed by atoms with Crippen molar-refractivity contribution in [3.8, 4) is 5.75 Å². The number of nitrogens with one attached hydrogen (secondary N) is 2. The SMILES string of the molecule is CNCC(=O)NCC(C)CSc1ccccc1OC. The third-order valence-corrected chi connectivity index (χ3v) is 3.96. The molecule has 0 fully saturated rings. The first-order chi connectivity index (χ1) is 9.17. The standard InChI is InChI=1S/C14H22N2O2S/c1-11(8-16-14(17)9-15-2)10-19-13-7-5-4-6-12(13)18-3/h4-7,11,15H,8-10H2,1-3H3,(H,16,17). The molecule has 1 rings (SSSR count). The molecule has 4 nitrogen and oxygen atoms in total. The molecule has 0 heterocycles. The molecule has 0 radical (unpaired) electrons. The molecule has 0 aromatic heterocycles. The number of carbonyl (C=O) groups is 1. The van der Waals surface area contributed by atoms with Gasteiger partial charge in [-0.15, -0.1) is 11.8 Å². The number of hydrogen-bond acceptors (Lipinski definition) is 4. The van der Waals surface area contributed by atoms with Crippen molar-refractivity contribution in [2.75, 3.05) is 33.0 Å². The summed E-state index contributed by atoms with van der Waals surface area (Å²) in [6.07, 6.45) is 0. The summed E-state index contributed by atoms with van der Waals surface area (Å²) in [5, 5.41) is 5.73. The molecule has 2 N–H and O–H groups in total. The Bertz CT molecular complexity index is 399. The van der Waals surface area contributed by atoms with Crippen molar-refractivity contribution in [2.45, 2.75) is 11.8 Å². The fourth-order valence-electron chi connectivity index (χ4n) is 1.54. The van der Waals surface area contributed by atoms with Crippen LogP contribution < -0.4 is 15.4 Å². The number of thioether (sulfide) groups is 1. The molecule has 106 valence electrons. The van der Waals surface area contributed by atoms with Crippen LogP contribution in [-0.4, -0.2) is 38.9 Å². The van der Waals surface area contributed by atoms with Crippen molar-refractivity contribution >= 4 is 17.7 Å². The Balaban J connectivity index is 2.33. The minimum atomic E-state index is 0.0386. The Morgan fingerprint density at radius 3 is 2.84 bits per heavy atom. The van der Waals surface area contributed by atoms with E-state index in [0.29, 0.717) is 19.0 Å².